The Morgan fingerprint density at radius 1 is 1.35 bits per heavy atom. The van der Waals surface area contributed by atoms with Gasteiger partial charge in [0.1, 0.15) is 6.04 Å². The molecule has 124 valence electrons. The minimum atomic E-state index is -0.667. The van der Waals surface area contributed by atoms with Crippen LogP contribution in [0.1, 0.15) is 23.7 Å². The minimum Gasteiger partial charge on any atom is -0.351 e. The molecule has 0 saturated carbocycles. The number of halogens is 2. The largest absolute Gasteiger partial charge is 0.351 e. The van der Waals surface area contributed by atoms with Crippen molar-refractivity contribution in [3.63, 3.8) is 0 Å². The third kappa shape index (κ3) is 4.96. The molecule has 1 heterocycles. The lowest BCUT2D eigenvalue weighted by Crippen LogP contribution is -2.45. The van der Waals surface area contributed by atoms with Crippen LogP contribution in [0.5, 0.6) is 0 Å². The van der Waals surface area contributed by atoms with E-state index in [0.717, 1.165) is 19.5 Å². The predicted octanol–water partition coefficient (Wildman–Crippen LogP) is 2.15. The molecule has 2 amide bonds. The summed E-state index contributed by atoms with van der Waals surface area (Å²) in [4.78, 5) is 24.3. The highest BCUT2D eigenvalue weighted by atomic mass is 35.5. The van der Waals surface area contributed by atoms with Gasteiger partial charge >= 0.3 is 0 Å². The van der Waals surface area contributed by atoms with Crippen molar-refractivity contribution in [2.45, 2.75) is 19.4 Å². The van der Waals surface area contributed by atoms with E-state index in [1.807, 2.05) is 0 Å². The Bertz CT molecular complexity index is 632. The van der Waals surface area contributed by atoms with E-state index in [1.54, 1.807) is 25.1 Å². The van der Waals surface area contributed by atoms with E-state index < -0.39 is 11.9 Å². The third-order valence-electron chi connectivity index (χ3n) is 3.58. The lowest BCUT2D eigenvalue weighted by molar-refractivity contribution is -0.122. The van der Waals surface area contributed by atoms with E-state index in [2.05, 4.69) is 22.0 Å². The van der Waals surface area contributed by atoms with Crippen LogP contribution < -0.4 is 16.0 Å². The van der Waals surface area contributed by atoms with Crippen molar-refractivity contribution >= 4 is 35.0 Å². The number of amides is 2. The third-order valence-corrected chi connectivity index (χ3v) is 4.40. The van der Waals surface area contributed by atoms with Crippen molar-refractivity contribution in [2.24, 2.45) is 0 Å². The van der Waals surface area contributed by atoms with Crippen LogP contribution in [0.25, 0.3) is 0 Å². The van der Waals surface area contributed by atoms with E-state index >= 15 is 0 Å². The first-order chi connectivity index (χ1) is 11.0. The van der Waals surface area contributed by atoms with Crippen LogP contribution in [0, 0.1) is 0 Å². The summed E-state index contributed by atoms with van der Waals surface area (Å²) in [7, 11) is 0. The zero-order valence-electron chi connectivity index (χ0n) is 12.8. The molecule has 1 aromatic rings. The summed E-state index contributed by atoms with van der Waals surface area (Å²) in [5.74, 6) is -0.669. The molecule has 1 aliphatic rings. The second-order valence-corrected chi connectivity index (χ2v) is 6.12. The Kier molecular flexibility index (Phi) is 6.45. The number of benzene rings is 1. The van der Waals surface area contributed by atoms with Gasteiger partial charge in [-0.1, -0.05) is 40.9 Å². The molecular formula is C16H19Cl2N3O2. The van der Waals surface area contributed by atoms with Crippen molar-refractivity contribution < 1.29 is 9.59 Å². The van der Waals surface area contributed by atoms with E-state index in [4.69, 9.17) is 23.2 Å². The first-order valence-corrected chi connectivity index (χ1v) is 8.16. The van der Waals surface area contributed by atoms with Gasteiger partial charge in [0.25, 0.3) is 5.91 Å². The van der Waals surface area contributed by atoms with Gasteiger partial charge in [0, 0.05) is 13.1 Å². The molecule has 1 unspecified atom stereocenters. The molecule has 0 radical (unpaired) electrons. The molecule has 7 heteroatoms. The second-order valence-electron chi connectivity index (χ2n) is 5.33. The molecule has 0 aromatic heterocycles. The van der Waals surface area contributed by atoms with Gasteiger partial charge in [-0.25, -0.2) is 0 Å². The molecule has 0 fully saturated rings. The van der Waals surface area contributed by atoms with Crippen LogP contribution in [0.4, 0.5) is 0 Å². The van der Waals surface area contributed by atoms with Crippen molar-refractivity contribution in [1.29, 1.82) is 0 Å². The maximum atomic E-state index is 12.2. The molecule has 0 bridgehead atoms. The smallest absolute Gasteiger partial charge is 0.253 e. The topological polar surface area (TPSA) is 70.2 Å². The van der Waals surface area contributed by atoms with Gasteiger partial charge in [0.2, 0.25) is 5.91 Å². The highest BCUT2D eigenvalue weighted by molar-refractivity contribution is 6.43. The molecule has 23 heavy (non-hydrogen) atoms. The molecular weight excluding hydrogens is 337 g/mol. The normalized spacial score (nSPS) is 15.5. The summed E-state index contributed by atoms with van der Waals surface area (Å²) >= 11 is 11.9. The zero-order chi connectivity index (χ0) is 16.8. The maximum Gasteiger partial charge on any atom is 0.253 e. The van der Waals surface area contributed by atoms with Crippen LogP contribution in [-0.2, 0) is 4.79 Å². The molecule has 1 atom stereocenters. The van der Waals surface area contributed by atoms with Gasteiger partial charge in [-0.15, -0.1) is 0 Å². The van der Waals surface area contributed by atoms with Gasteiger partial charge < -0.3 is 16.0 Å². The maximum absolute atomic E-state index is 12.2. The molecule has 0 spiro atoms. The lowest BCUT2D eigenvalue weighted by Gasteiger charge is -2.17. The summed E-state index contributed by atoms with van der Waals surface area (Å²) in [5.41, 5.74) is 1.44. The highest BCUT2D eigenvalue weighted by Gasteiger charge is 2.19. The Balaban J connectivity index is 1.88. The Morgan fingerprint density at radius 3 is 2.83 bits per heavy atom. The predicted molar refractivity (Wildman–Crippen MR) is 92.0 cm³/mol. The summed E-state index contributed by atoms with van der Waals surface area (Å²) in [5, 5.41) is 9.14. The summed E-state index contributed by atoms with van der Waals surface area (Å²) in [6.07, 6.45) is 2.98. The SMILES string of the molecule is CC(NC(=O)c1cccc(Cl)c1Cl)C(=O)NCC1=CCNCC1. The van der Waals surface area contributed by atoms with Gasteiger partial charge in [-0.2, -0.15) is 0 Å². The Labute approximate surface area is 145 Å². The number of rotatable bonds is 5. The molecule has 1 aliphatic heterocycles. The fourth-order valence-corrected chi connectivity index (χ4v) is 2.59. The van der Waals surface area contributed by atoms with Crippen molar-refractivity contribution in [2.75, 3.05) is 19.6 Å². The first kappa shape index (κ1) is 17.8. The Morgan fingerprint density at radius 2 is 2.13 bits per heavy atom. The number of hydrogen-bond acceptors (Lipinski definition) is 3. The van der Waals surface area contributed by atoms with Crippen molar-refractivity contribution in [3.8, 4) is 0 Å². The number of nitrogens with one attached hydrogen (secondary N) is 3. The van der Waals surface area contributed by atoms with Crippen LogP contribution in [0.3, 0.4) is 0 Å². The lowest BCUT2D eigenvalue weighted by atomic mass is 10.1. The molecule has 0 aliphatic carbocycles. The highest BCUT2D eigenvalue weighted by Crippen LogP contribution is 2.25. The average Bonchev–Trinajstić information content (AvgIpc) is 2.55. The van der Waals surface area contributed by atoms with Gasteiger partial charge in [0.15, 0.2) is 0 Å². The average molecular weight is 356 g/mol. The zero-order valence-corrected chi connectivity index (χ0v) is 14.3. The molecule has 5 nitrogen and oxygen atoms in total. The fraction of sp³-hybridized carbons (Fsp3) is 0.375. The molecule has 1 aromatic carbocycles. The van der Waals surface area contributed by atoms with Crippen molar-refractivity contribution in [1.82, 2.24) is 16.0 Å². The van der Waals surface area contributed by atoms with Gasteiger partial charge in [-0.3, -0.25) is 9.59 Å². The quantitative estimate of drug-likeness (QED) is 0.708. The van der Waals surface area contributed by atoms with Crippen LogP contribution >= 0.6 is 23.2 Å². The second kappa shape index (κ2) is 8.34. The van der Waals surface area contributed by atoms with E-state index in [9.17, 15) is 9.59 Å². The summed E-state index contributed by atoms with van der Waals surface area (Å²) in [6, 6.07) is 4.13. The molecule has 0 saturated heterocycles. The first-order valence-electron chi connectivity index (χ1n) is 7.40. The number of hydrogen-bond donors (Lipinski definition) is 3. The van der Waals surface area contributed by atoms with Gasteiger partial charge in [-0.05, 0) is 32.0 Å². The number of carbonyl (C=O) groups is 2. The van der Waals surface area contributed by atoms with E-state index in [1.165, 1.54) is 5.57 Å². The molecule has 2 rings (SSSR count). The van der Waals surface area contributed by atoms with Crippen LogP contribution in [-0.4, -0.2) is 37.5 Å². The van der Waals surface area contributed by atoms with Crippen molar-refractivity contribution in [3.05, 3.63) is 45.5 Å². The van der Waals surface area contributed by atoms with E-state index in [0.29, 0.717) is 11.6 Å². The summed E-state index contributed by atoms with van der Waals surface area (Å²) < 4.78 is 0. The minimum absolute atomic E-state index is 0.180. The number of carbonyl (C=O) groups excluding carboxylic acids is 2. The standard InChI is InChI=1S/C16H19Cl2N3O2/c1-10(15(22)20-9-11-5-7-19-8-6-11)21-16(23)12-3-2-4-13(17)14(12)18/h2-5,10,19H,6-9H2,1H3,(H,20,22)(H,21,23). The van der Waals surface area contributed by atoms with E-state index in [-0.39, 0.29) is 16.5 Å². The van der Waals surface area contributed by atoms with Crippen LogP contribution in [0.2, 0.25) is 10.0 Å². The molecule has 3 N–H and O–H groups in total. The summed E-state index contributed by atoms with van der Waals surface area (Å²) in [6.45, 7) is 3.87. The van der Waals surface area contributed by atoms with Gasteiger partial charge in [0.05, 0.1) is 15.6 Å². The Hall–Kier alpha value is -1.56. The monoisotopic (exact) mass is 355 g/mol. The fourth-order valence-electron chi connectivity index (χ4n) is 2.20. The van der Waals surface area contributed by atoms with Crippen LogP contribution in [0.15, 0.2) is 29.8 Å².